The summed E-state index contributed by atoms with van der Waals surface area (Å²) in [7, 11) is 3.71. The van der Waals surface area contributed by atoms with Crippen LogP contribution in [0, 0.1) is 6.92 Å². The third kappa shape index (κ3) is 2.48. The maximum Gasteiger partial charge on any atom is 0.242 e. The van der Waals surface area contributed by atoms with Crippen LogP contribution >= 0.6 is 0 Å². The molecule has 1 atom stereocenters. The number of carbonyl (C=O) groups excluding carboxylic acids is 2. The summed E-state index contributed by atoms with van der Waals surface area (Å²) in [5.74, 6) is 0.183. The highest BCUT2D eigenvalue weighted by Crippen LogP contribution is 2.41. The average molecular weight is 298 g/mol. The molecule has 1 aromatic rings. The van der Waals surface area contributed by atoms with E-state index in [0.29, 0.717) is 12.8 Å². The summed E-state index contributed by atoms with van der Waals surface area (Å²) in [6.45, 7) is 2.04. The predicted molar refractivity (Wildman–Crippen MR) is 85.0 cm³/mol. The lowest BCUT2D eigenvalue weighted by Gasteiger charge is -2.41. The molecule has 0 N–H and O–H groups in total. The maximum absolute atomic E-state index is 12.6. The summed E-state index contributed by atoms with van der Waals surface area (Å²) in [6, 6.07) is 8.19. The number of allylic oxidation sites excluding steroid dienone is 2. The Hall–Kier alpha value is -1.94. The predicted octanol–water partition coefficient (Wildman–Crippen LogP) is 2.79. The third-order valence-corrected chi connectivity index (χ3v) is 4.53. The standard InChI is InChI=1S/C18H22N2O2/c1-12-7-9-13(10-8-12)14-11-17(22)20(19(2)3)15-5-4-6-16(21)18(14)15/h7-10,14H,4-6,11H2,1-3H3. The number of aryl methyl sites for hydroxylation is 1. The lowest BCUT2D eigenvalue weighted by molar-refractivity contribution is -0.143. The fourth-order valence-corrected chi connectivity index (χ4v) is 3.52. The van der Waals surface area contributed by atoms with Crippen LogP contribution in [-0.2, 0) is 9.59 Å². The molecular weight excluding hydrogens is 276 g/mol. The van der Waals surface area contributed by atoms with Gasteiger partial charge in [0.2, 0.25) is 5.91 Å². The summed E-state index contributed by atoms with van der Waals surface area (Å²) in [6.07, 6.45) is 2.59. The van der Waals surface area contributed by atoms with Crippen molar-refractivity contribution >= 4 is 11.7 Å². The highest BCUT2D eigenvalue weighted by Gasteiger charge is 2.39. The van der Waals surface area contributed by atoms with Crippen LogP contribution in [0.25, 0.3) is 0 Å². The molecule has 0 saturated heterocycles. The fraction of sp³-hybridized carbons (Fsp3) is 0.444. The third-order valence-electron chi connectivity index (χ3n) is 4.53. The SMILES string of the molecule is Cc1ccc(C2CC(=O)N(N(C)C)C3=C2C(=O)CCC3)cc1. The van der Waals surface area contributed by atoms with Gasteiger partial charge in [-0.1, -0.05) is 29.8 Å². The molecule has 22 heavy (non-hydrogen) atoms. The van der Waals surface area contributed by atoms with Crippen molar-refractivity contribution in [2.75, 3.05) is 14.1 Å². The van der Waals surface area contributed by atoms with Crippen LogP contribution in [0.3, 0.4) is 0 Å². The molecule has 1 aliphatic carbocycles. The molecule has 1 heterocycles. The lowest BCUT2D eigenvalue weighted by atomic mass is 9.77. The first-order valence-corrected chi connectivity index (χ1v) is 7.82. The first-order chi connectivity index (χ1) is 10.5. The summed E-state index contributed by atoms with van der Waals surface area (Å²) in [4.78, 5) is 25.1. The minimum atomic E-state index is -0.0906. The Morgan fingerprint density at radius 3 is 2.41 bits per heavy atom. The van der Waals surface area contributed by atoms with Gasteiger partial charge in [0.15, 0.2) is 5.78 Å². The van der Waals surface area contributed by atoms with E-state index in [0.717, 1.165) is 29.7 Å². The number of hydrogen-bond acceptors (Lipinski definition) is 3. The van der Waals surface area contributed by atoms with Crippen LogP contribution in [0.2, 0.25) is 0 Å². The Morgan fingerprint density at radius 1 is 1.09 bits per heavy atom. The summed E-state index contributed by atoms with van der Waals surface area (Å²) in [5, 5.41) is 3.48. The number of hydrogen-bond donors (Lipinski definition) is 0. The van der Waals surface area contributed by atoms with Gasteiger partial charge in [-0.05, 0) is 25.3 Å². The van der Waals surface area contributed by atoms with E-state index in [2.05, 4.69) is 0 Å². The van der Waals surface area contributed by atoms with Crippen LogP contribution in [-0.4, -0.2) is 35.8 Å². The molecule has 4 nitrogen and oxygen atoms in total. The van der Waals surface area contributed by atoms with Crippen LogP contribution in [0.1, 0.15) is 42.7 Å². The molecule has 0 fully saturated rings. The van der Waals surface area contributed by atoms with E-state index in [1.54, 1.807) is 10.0 Å². The maximum atomic E-state index is 12.6. The molecule has 0 spiro atoms. The Kier molecular flexibility index (Phi) is 3.87. The number of hydrazine groups is 1. The van der Waals surface area contributed by atoms with Crippen molar-refractivity contribution in [1.82, 2.24) is 10.0 Å². The van der Waals surface area contributed by atoms with Gasteiger partial charge in [-0.3, -0.25) is 9.59 Å². The quantitative estimate of drug-likeness (QED) is 0.843. The van der Waals surface area contributed by atoms with Crippen LogP contribution in [0.15, 0.2) is 35.5 Å². The monoisotopic (exact) mass is 298 g/mol. The Morgan fingerprint density at radius 2 is 1.77 bits per heavy atom. The zero-order valence-corrected chi connectivity index (χ0v) is 13.4. The van der Waals surface area contributed by atoms with Crippen LogP contribution < -0.4 is 0 Å². The number of benzene rings is 1. The first kappa shape index (κ1) is 15.0. The molecule has 1 unspecified atom stereocenters. The van der Waals surface area contributed by atoms with E-state index in [4.69, 9.17) is 0 Å². The Balaban J connectivity index is 2.11. The van der Waals surface area contributed by atoms with Crippen molar-refractivity contribution in [1.29, 1.82) is 0 Å². The van der Waals surface area contributed by atoms with Crippen molar-refractivity contribution in [3.63, 3.8) is 0 Å². The number of nitrogens with zero attached hydrogens (tertiary/aromatic N) is 2. The largest absolute Gasteiger partial charge is 0.294 e. The minimum Gasteiger partial charge on any atom is -0.294 e. The Bertz CT molecular complexity index is 644. The number of rotatable bonds is 2. The molecule has 1 aromatic carbocycles. The molecule has 1 amide bonds. The molecule has 3 rings (SSSR count). The second kappa shape index (κ2) is 5.69. The fourth-order valence-electron chi connectivity index (χ4n) is 3.52. The number of amides is 1. The smallest absolute Gasteiger partial charge is 0.242 e. The zero-order valence-electron chi connectivity index (χ0n) is 13.4. The van der Waals surface area contributed by atoms with E-state index in [9.17, 15) is 9.59 Å². The number of carbonyl (C=O) groups is 2. The van der Waals surface area contributed by atoms with Crippen molar-refractivity contribution in [2.45, 2.75) is 38.5 Å². The van der Waals surface area contributed by atoms with E-state index in [1.165, 1.54) is 5.56 Å². The van der Waals surface area contributed by atoms with Gasteiger partial charge in [-0.2, -0.15) is 0 Å². The van der Waals surface area contributed by atoms with E-state index >= 15 is 0 Å². The van der Waals surface area contributed by atoms with Crippen molar-refractivity contribution in [3.05, 3.63) is 46.7 Å². The molecule has 1 aliphatic heterocycles. The van der Waals surface area contributed by atoms with Gasteiger partial charge in [0.25, 0.3) is 0 Å². The van der Waals surface area contributed by atoms with Gasteiger partial charge >= 0.3 is 0 Å². The molecule has 0 aromatic heterocycles. The number of Topliss-reactive ketones (excluding diaryl/α,β-unsaturated/α-hetero) is 1. The topological polar surface area (TPSA) is 40.6 Å². The highest BCUT2D eigenvalue weighted by molar-refractivity contribution is 6.01. The molecule has 0 bridgehead atoms. The molecule has 2 aliphatic rings. The zero-order chi connectivity index (χ0) is 15.9. The summed E-state index contributed by atoms with van der Waals surface area (Å²) >= 11 is 0. The second-order valence-electron chi connectivity index (χ2n) is 6.36. The van der Waals surface area contributed by atoms with E-state index in [-0.39, 0.29) is 17.6 Å². The summed E-state index contributed by atoms with van der Waals surface area (Å²) in [5.41, 5.74) is 4.01. The minimum absolute atomic E-state index is 0.0732. The number of ketones is 1. The van der Waals surface area contributed by atoms with Gasteiger partial charge in [0, 0.05) is 44.1 Å². The van der Waals surface area contributed by atoms with Crippen molar-refractivity contribution < 1.29 is 9.59 Å². The molecule has 116 valence electrons. The molecular formula is C18H22N2O2. The highest BCUT2D eigenvalue weighted by atomic mass is 16.2. The van der Waals surface area contributed by atoms with Crippen molar-refractivity contribution in [3.8, 4) is 0 Å². The molecule has 0 saturated carbocycles. The average Bonchev–Trinajstić information content (AvgIpc) is 2.46. The molecule has 0 radical (unpaired) electrons. The van der Waals surface area contributed by atoms with E-state index < -0.39 is 0 Å². The molecule has 4 heteroatoms. The van der Waals surface area contributed by atoms with Crippen LogP contribution in [0.4, 0.5) is 0 Å². The van der Waals surface area contributed by atoms with Gasteiger partial charge in [0.1, 0.15) is 0 Å². The summed E-state index contributed by atoms with van der Waals surface area (Å²) < 4.78 is 0. The van der Waals surface area contributed by atoms with Crippen LogP contribution in [0.5, 0.6) is 0 Å². The van der Waals surface area contributed by atoms with Gasteiger partial charge in [-0.25, -0.2) is 10.0 Å². The van der Waals surface area contributed by atoms with Gasteiger partial charge in [-0.15, -0.1) is 0 Å². The normalized spacial score (nSPS) is 22.4. The Labute approximate surface area is 131 Å². The first-order valence-electron chi connectivity index (χ1n) is 7.82. The second-order valence-corrected chi connectivity index (χ2v) is 6.36. The van der Waals surface area contributed by atoms with Gasteiger partial charge < -0.3 is 0 Å². The van der Waals surface area contributed by atoms with E-state index in [1.807, 2.05) is 45.3 Å². The lowest BCUT2D eigenvalue weighted by Crippen LogP contribution is -2.47. The van der Waals surface area contributed by atoms with Crippen molar-refractivity contribution in [2.24, 2.45) is 0 Å². The van der Waals surface area contributed by atoms with Gasteiger partial charge in [0.05, 0.1) is 0 Å².